The summed E-state index contributed by atoms with van der Waals surface area (Å²) in [5.74, 6) is -0.254. The van der Waals surface area contributed by atoms with Crippen molar-refractivity contribution >= 4 is 22.8 Å². The Bertz CT molecular complexity index is 956. The molecule has 2 heterocycles. The largest absolute Gasteiger partial charge is 0.456 e. The summed E-state index contributed by atoms with van der Waals surface area (Å²) in [6.07, 6.45) is 1.25. The Balaban J connectivity index is 1.94. The van der Waals surface area contributed by atoms with Crippen molar-refractivity contribution in [3.63, 3.8) is 0 Å². The van der Waals surface area contributed by atoms with Crippen molar-refractivity contribution in [3.05, 3.63) is 71.4 Å². The first kappa shape index (κ1) is 15.6. The van der Waals surface area contributed by atoms with Gasteiger partial charge in [-0.25, -0.2) is 0 Å². The first-order chi connectivity index (χ1) is 12.1. The van der Waals surface area contributed by atoms with Crippen LogP contribution in [0, 0.1) is 0 Å². The van der Waals surface area contributed by atoms with Gasteiger partial charge in [-0.3, -0.25) is 14.2 Å². The van der Waals surface area contributed by atoms with Crippen molar-refractivity contribution < 1.29 is 14.3 Å². The highest BCUT2D eigenvalue weighted by Gasteiger charge is 2.33. The number of hydrogen-bond acceptors (Lipinski definition) is 3. The monoisotopic (exact) mass is 333 g/mol. The van der Waals surface area contributed by atoms with E-state index in [0.717, 1.165) is 22.2 Å². The van der Waals surface area contributed by atoms with Gasteiger partial charge in [0.25, 0.3) is 0 Å². The average Bonchev–Trinajstić information content (AvgIpc) is 2.94. The van der Waals surface area contributed by atoms with Gasteiger partial charge in [-0.2, -0.15) is 0 Å². The minimum absolute atomic E-state index is 0.0638. The summed E-state index contributed by atoms with van der Waals surface area (Å²) >= 11 is 0. The molecule has 2 aromatic carbocycles. The van der Waals surface area contributed by atoms with E-state index in [9.17, 15) is 9.59 Å². The van der Waals surface area contributed by atoms with Crippen LogP contribution in [-0.2, 0) is 16.0 Å². The van der Waals surface area contributed by atoms with Crippen LogP contribution in [-0.4, -0.2) is 16.4 Å². The molecular weight excluding hydrogens is 314 g/mol. The third-order valence-corrected chi connectivity index (χ3v) is 4.73. The Morgan fingerprint density at radius 1 is 1.12 bits per heavy atom. The molecule has 0 fully saturated rings. The summed E-state index contributed by atoms with van der Waals surface area (Å²) in [4.78, 5) is 24.2. The van der Waals surface area contributed by atoms with E-state index >= 15 is 0 Å². The van der Waals surface area contributed by atoms with Crippen LogP contribution < -0.4 is 0 Å². The predicted molar refractivity (Wildman–Crippen MR) is 95.6 cm³/mol. The van der Waals surface area contributed by atoms with Crippen LogP contribution in [0.25, 0.3) is 10.9 Å². The maximum absolute atomic E-state index is 12.6. The van der Waals surface area contributed by atoms with E-state index in [1.54, 1.807) is 4.57 Å². The van der Waals surface area contributed by atoms with Crippen LogP contribution in [0.3, 0.4) is 0 Å². The molecule has 0 N–H and O–H groups in total. The Kier molecular flexibility index (Phi) is 3.88. The standard InChI is InChI=1S/C21H19NO3/c1-14(23)25-19-11-12-20(24)22-18-10-6-5-9-16(18)17(21(19)22)13-15-7-3-2-4-8-15/h2-10,19H,11-13H2,1H3. The highest BCUT2D eigenvalue weighted by molar-refractivity contribution is 5.97. The maximum atomic E-state index is 12.6. The fourth-order valence-corrected chi connectivity index (χ4v) is 3.74. The summed E-state index contributed by atoms with van der Waals surface area (Å²) in [5, 5.41) is 1.05. The smallest absolute Gasteiger partial charge is 0.303 e. The molecule has 4 heteroatoms. The molecule has 1 aromatic heterocycles. The van der Waals surface area contributed by atoms with Crippen molar-refractivity contribution in [2.24, 2.45) is 0 Å². The molecular formula is C21H19NO3. The minimum Gasteiger partial charge on any atom is -0.456 e. The number of carbonyl (C=O) groups excluding carboxylic acids is 2. The summed E-state index contributed by atoms with van der Waals surface area (Å²) in [5.41, 5.74) is 3.96. The molecule has 3 aromatic rings. The van der Waals surface area contributed by atoms with E-state index in [-0.39, 0.29) is 18.0 Å². The lowest BCUT2D eigenvalue weighted by atomic mass is 9.96. The first-order valence-electron chi connectivity index (χ1n) is 8.51. The number of ether oxygens (including phenoxy) is 1. The molecule has 0 radical (unpaired) electrons. The number of nitrogens with zero attached hydrogens (tertiary/aromatic N) is 1. The Hall–Kier alpha value is -2.88. The fraction of sp³-hybridized carbons (Fsp3) is 0.238. The Morgan fingerprint density at radius 3 is 2.60 bits per heavy atom. The van der Waals surface area contributed by atoms with E-state index in [1.165, 1.54) is 12.5 Å². The van der Waals surface area contributed by atoms with E-state index in [1.807, 2.05) is 42.5 Å². The SMILES string of the molecule is CC(=O)OC1CCC(=O)n2c1c(Cc1ccccc1)c1ccccc12. The zero-order valence-corrected chi connectivity index (χ0v) is 14.1. The number of carbonyl (C=O) groups is 2. The number of aromatic nitrogens is 1. The molecule has 1 aliphatic rings. The van der Waals surface area contributed by atoms with Gasteiger partial charge >= 0.3 is 5.97 Å². The number of para-hydroxylation sites is 1. The van der Waals surface area contributed by atoms with Crippen molar-refractivity contribution in [1.29, 1.82) is 0 Å². The highest BCUT2D eigenvalue weighted by Crippen LogP contribution is 2.39. The fourth-order valence-electron chi connectivity index (χ4n) is 3.74. The molecule has 1 atom stereocenters. The van der Waals surface area contributed by atoms with Crippen LogP contribution in [0.1, 0.15) is 47.5 Å². The summed E-state index contributed by atoms with van der Waals surface area (Å²) in [7, 11) is 0. The molecule has 0 saturated heterocycles. The molecule has 0 saturated carbocycles. The maximum Gasteiger partial charge on any atom is 0.303 e. The lowest BCUT2D eigenvalue weighted by Gasteiger charge is -2.25. The van der Waals surface area contributed by atoms with Gasteiger partial charge in [0, 0.05) is 18.7 Å². The normalized spacial score (nSPS) is 16.7. The van der Waals surface area contributed by atoms with E-state index < -0.39 is 0 Å². The molecule has 25 heavy (non-hydrogen) atoms. The van der Waals surface area contributed by atoms with Crippen LogP contribution in [0.5, 0.6) is 0 Å². The second kappa shape index (κ2) is 6.20. The number of benzene rings is 2. The third kappa shape index (κ3) is 2.74. The molecule has 0 amide bonds. The van der Waals surface area contributed by atoms with E-state index in [2.05, 4.69) is 12.1 Å². The average molecular weight is 333 g/mol. The molecule has 0 bridgehead atoms. The molecule has 1 aliphatic heterocycles. The number of esters is 1. The van der Waals surface area contributed by atoms with Gasteiger partial charge in [-0.15, -0.1) is 0 Å². The van der Waals surface area contributed by atoms with Crippen molar-refractivity contribution in [2.75, 3.05) is 0 Å². The predicted octanol–water partition coefficient (Wildman–Crippen LogP) is 4.27. The quantitative estimate of drug-likeness (QED) is 0.673. The number of hydrogen-bond donors (Lipinski definition) is 0. The molecule has 0 aliphatic carbocycles. The van der Waals surface area contributed by atoms with Crippen molar-refractivity contribution in [2.45, 2.75) is 32.3 Å². The van der Waals surface area contributed by atoms with E-state index in [0.29, 0.717) is 19.3 Å². The van der Waals surface area contributed by atoms with Gasteiger partial charge in [0.15, 0.2) is 0 Å². The number of fused-ring (bicyclic) bond motifs is 3. The first-order valence-corrected chi connectivity index (χ1v) is 8.51. The Morgan fingerprint density at radius 2 is 1.84 bits per heavy atom. The van der Waals surface area contributed by atoms with Gasteiger partial charge in [-0.1, -0.05) is 48.5 Å². The summed E-state index contributed by atoms with van der Waals surface area (Å²) < 4.78 is 7.32. The second-order valence-electron chi connectivity index (χ2n) is 6.41. The molecule has 126 valence electrons. The van der Waals surface area contributed by atoms with E-state index in [4.69, 9.17) is 4.74 Å². The topological polar surface area (TPSA) is 48.3 Å². The summed E-state index contributed by atoms with van der Waals surface area (Å²) in [6, 6.07) is 18.1. The van der Waals surface area contributed by atoms with Gasteiger partial charge in [0.2, 0.25) is 5.91 Å². The van der Waals surface area contributed by atoms with Gasteiger partial charge in [0.1, 0.15) is 6.10 Å². The highest BCUT2D eigenvalue weighted by atomic mass is 16.5. The van der Waals surface area contributed by atoms with Crippen molar-refractivity contribution in [1.82, 2.24) is 4.57 Å². The van der Waals surface area contributed by atoms with Gasteiger partial charge in [0.05, 0.1) is 11.2 Å². The minimum atomic E-state index is -0.374. The lowest BCUT2D eigenvalue weighted by molar-refractivity contribution is -0.147. The molecule has 1 unspecified atom stereocenters. The molecule has 4 nitrogen and oxygen atoms in total. The molecule has 0 spiro atoms. The number of rotatable bonds is 3. The molecule has 4 rings (SSSR count). The van der Waals surface area contributed by atoms with Crippen LogP contribution >= 0.6 is 0 Å². The van der Waals surface area contributed by atoms with Crippen LogP contribution in [0.15, 0.2) is 54.6 Å². The third-order valence-electron chi connectivity index (χ3n) is 4.73. The van der Waals surface area contributed by atoms with Gasteiger partial charge in [-0.05, 0) is 30.0 Å². The van der Waals surface area contributed by atoms with Gasteiger partial charge < -0.3 is 4.74 Å². The lowest BCUT2D eigenvalue weighted by Crippen LogP contribution is -2.25. The van der Waals surface area contributed by atoms with Crippen LogP contribution in [0.4, 0.5) is 0 Å². The zero-order chi connectivity index (χ0) is 17.4. The Labute approximate surface area is 146 Å². The second-order valence-corrected chi connectivity index (χ2v) is 6.41. The summed E-state index contributed by atoms with van der Waals surface area (Å²) in [6.45, 7) is 1.42. The van der Waals surface area contributed by atoms with Crippen molar-refractivity contribution in [3.8, 4) is 0 Å². The zero-order valence-electron chi connectivity index (χ0n) is 14.1. The van der Waals surface area contributed by atoms with Crippen LogP contribution in [0.2, 0.25) is 0 Å².